The number of rotatable bonds is 3. The van der Waals surface area contributed by atoms with Gasteiger partial charge in [-0.3, -0.25) is 4.79 Å². The van der Waals surface area contributed by atoms with Crippen LogP contribution in [0.4, 0.5) is 0 Å². The zero-order valence-electron chi connectivity index (χ0n) is 12.8. The van der Waals surface area contributed by atoms with E-state index in [1.54, 1.807) is 0 Å². The first kappa shape index (κ1) is 14.7. The number of carbonyl (C=O) groups is 1. The lowest BCUT2D eigenvalue weighted by Gasteiger charge is -2.50. The van der Waals surface area contributed by atoms with Crippen LogP contribution in [0.25, 0.3) is 0 Å². The lowest BCUT2D eigenvalue weighted by molar-refractivity contribution is -0.121. The zero-order chi connectivity index (χ0) is 15.3. The van der Waals surface area contributed by atoms with Crippen molar-refractivity contribution in [3.63, 3.8) is 0 Å². The minimum atomic E-state index is -2.91. The highest BCUT2D eigenvalue weighted by Crippen LogP contribution is 2.52. The molecule has 5 aliphatic rings. The van der Waals surface area contributed by atoms with Crippen molar-refractivity contribution in [3.8, 4) is 0 Å². The summed E-state index contributed by atoms with van der Waals surface area (Å²) in [4.78, 5) is 12.0. The second-order valence-corrected chi connectivity index (χ2v) is 10.1. The molecule has 4 saturated carbocycles. The van der Waals surface area contributed by atoms with Gasteiger partial charge >= 0.3 is 0 Å². The molecular formula is C16H24N2O3S. The van der Waals surface area contributed by atoms with Crippen LogP contribution in [-0.4, -0.2) is 31.5 Å². The standard InChI is InChI=1S/C16H24N2O3S/c19-15(8-10-1-2-22(20,21)9-10)17-18-16-13-4-11-3-12(6-13)7-14(16)5-11/h10-14H,1-9H2,(H,17,19)/t10-,11?,12?,13?,14?/m0/s1. The highest BCUT2D eigenvalue weighted by Gasteiger charge is 2.46. The molecule has 5 fully saturated rings. The van der Waals surface area contributed by atoms with Crippen molar-refractivity contribution in [2.45, 2.75) is 44.9 Å². The molecule has 0 radical (unpaired) electrons. The summed E-state index contributed by atoms with van der Waals surface area (Å²) in [5, 5.41) is 4.47. The Morgan fingerprint density at radius 2 is 1.73 bits per heavy atom. The quantitative estimate of drug-likeness (QED) is 0.804. The van der Waals surface area contributed by atoms with E-state index in [9.17, 15) is 13.2 Å². The molecule has 1 saturated heterocycles. The normalized spacial score (nSPS) is 41.6. The number of nitrogens with one attached hydrogen (secondary N) is 1. The number of amides is 1. The fraction of sp³-hybridized carbons (Fsp3) is 0.875. The van der Waals surface area contributed by atoms with Crippen molar-refractivity contribution in [2.24, 2.45) is 34.7 Å². The minimum Gasteiger partial charge on any atom is -0.273 e. The highest BCUT2D eigenvalue weighted by molar-refractivity contribution is 7.91. The number of hydrogen-bond donors (Lipinski definition) is 1. The molecule has 1 aliphatic heterocycles. The molecule has 4 bridgehead atoms. The van der Waals surface area contributed by atoms with Crippen molar-refractivity contribution in [2.75, 3.05) is 11.5 Å². The molecule has 6 heteroatoms. The fourth-order valence-corrected chi connectivity index (χ4v) is 7.18. The Bertz CT molecular complexity index is 581. The van der Waals surface area contributed by atoms with Gasteiger partial charge in [-0.05, 0) is 68.1 Å². The Hall–Kier alpha value is -0.910. The first-order valence-corrected chi connectivity index (χ1v) is 10.4. The summed E-state index contributed by atoms with van der Waals surface area (Å²) in [5.74, 6) is 3.19. The average molecular weight is 324 g/mol. The van der Waals surface area contributed by atoms with E-state index in [1.807, 2.05) is 0 Å². The molecule has 1 atom stereocenters. The van der Waals surface area contributed by atoms with Gasteiger partial charge in [0.15, 0.2) is 9.84 Å². The van der Waals surface area contributed by atoms with Gasteiger partial charge in [0, 0.05) is 12.1 Å². The van der Waals surface area contributed by atoms with E-state index >= 15 is 0 Å². The summed E-state index contributed by atoms with van der Waals surface area (Å²) in [7, 11) is -2.91. The Balaban J connectivity index is 1.35. The van der Waals surface area contributed by atoms with Gasteiger partial charge in [0.1, 0.15) is 0 Å². The lowest BCUT2D eigenvalue weighted by atomic mass is 9.55. The number of hydrogen-bond acceptors (Lipinski definition) is 4. The second kappa shape index (κ2) is 5.32. The number of sulfone groups is 1. The zero-order valence-corrected chi connectivity index (χ0v) is 13.6. The maximum atomic E-state index is 12.0. The van der Waals surface area contributed by atoms with Crippen molar-refractivity contribution in [1.82, 2.24) is 5.43 Å². The van der Waals surface area contributed by atoms with E-state index in [2.05, 4.69) is 10.5 Å². The summed E-state index contributed by atoms with van der Waals surface area (Å²) < 4.78 is 22.9. The van der Waals surface area contributed by atoms with Crippen molar-refractivity contribution in [1.29, 1.82) is 0 Å². The first-order chi connectivity index (χ1) is 10.5. The highest BCUT2D eigenvalue weighted by atomic mass is 32.2. The van der Waals surface area contributed by atoms with Crippen LogP contribution in [-0.2, 0) is 14.6 Å². The lowest BCUT2D eigenvalue weighted by Crippen LogP contribution is -2.46. The van der Waals surface area contributed by atoms with Crippen LogP contribution in [0.1, 0.15) is 44.9 Å². The van der Waals surface area contributed by atoms with Crippen molar-refractivity contribution >= 4 is 21.5 Å². The molecule has 5 rings (SSSR count). The molecule has 1 N–H and O–H groups in total. The smallest absolute Gasteiger partial charge is 0.240 e. The van der Waals surface area contributed by atoms with Gasteiger partial charge in [0.25, 0.3) is 0 Å². The molecule has 1 heterocycles. The van der Waals surface area contributed by atoms with Gasteiger partial charge in [-0.2, -0.15) is 5.10 Å². The van der Waals surface area contributed by atoms with Crippen LogP contribution in [0.3, 0.4) is 0 Å². The summed E-state index contributed by atoms with van der Waals surface area (Å²) in [6.07, 6.45) is 7.32. The predicted octanol–water partition coefficient (Wildman–Crippen LogP) is 1.74. The van der Waals surface area contributed by atoms with Gasteiger partial charge in [-0.15, -0.1) is 0 Å². The van der Waals surface area contributed by atoms with Crippen LogP contribution in [0.15, 0.2) is 5.10 Å². The van der Waals surface area contributed by atoms with Crippen molar-refractivity contribution in [3.05, 3.63) is 0 Å². The van der Waals surface area contributed by atoms with Gasteiger partial charge in [-0.25, -0.2) is 13.8 Å². The van der Waals surface area contributed by atoms with Crippen LogP contribution in [0, 0.1) is 29.6 Å². The second-order valence-electron chi connectivity index (χ2n) is 7.85. The molecule has 0 unspecified atom stereocenters. The number of nitrogens with zero attached hydrogens (tertiary/aromatic N) is 1. The van der Waals surface area contributed by atoms with E-state index < -0.39 is 9.84 Å². The van der Waals surface area contributed by atoms with E-state index in [0.717, 1.165) is 11.8 Å². The monoisotopic (exact) mass is 324 g/mol. The van der Waals surface area contributed by atoms with Gasteiger partial charge in [0.2, 0.25) is 5.91 Å². The third kappa shape index (κ3) is 2.82. The molecule has 122 valence electrons. The number of hydrazone groups is 1. The third-order valence-electron chi connectivity index (χ3n) is 6.09. The Morgan fingerprint density at radius 1 is 1.09 bits per heavy atom. The van der Waals surface area contributed by atoms with E-state index in [-0.39, 0.29) is 29.8 Å². The molecule has 4 aliphatic carbocycles. The Labute approximate surface area is 131 Å². The summed E-state index contributed by atoms with van der Waals surface area (Å²) >= 11 is 0. The number of carbonyl (C=O) groups excluding carboxylic acids is 1. The minimum absolute atomic E-state index is 0.0244. The maximum absolute atomic E-state index is 12.0. The average Bonchev–Trinajstić information content (AvgIpc) is 2.76. The van der Waals surface area contributed by atoms with Gasteiger partial charge in [-0.1, -0.05) is 0 Å². The van der Waals surface area contributed by atoms with E-state index in [4.69, 9.17) is 0 Å². The summed E-state index contributed by atoms with van der Waals surface area (Å²) in [5.41, 5.74) is 3.94. The molecule has 1 amide bonds. The maximum Gasteiger partial charge on any atom is 0.240 e. The van der Waals surface area contributed by atoms with Crippen LogP contribution in [0.2, 0.25) is 0 Å². The Kier molecular flexibility index (Phi) is 3.55. The molecule has 0 aromatic heterocycles. The van der Waals surface area contributed by atoms with Crippen molar-refractivity contribution < 1.29 is 13.2 Å². The largest absolute Gasteiger partial charge is 0.273 e. The molecular weight excluding hydrogens is 300 g/mol. The van der Waals surface area contributed by atoms with Gasteiger partial charge < -0.3 is 0 Å². The molecule has 22 heavy (non-hydrogen) atoms. The van der Waals surface area contributed by atoms with E-state index in [0.29, 0.717) is 18.3 Å². The summed E-state index contributed by atoms with van der Waals surface area (Å²) in [6, 6.07) is 0. The van der Waals surface area contributed by atoms with Crippen LogP contribution < -0.4 is 5.43 Å². The SMILES string of the molecule is O=C(C[C@@H]1CCS(=O)(=O)C1)NN=C1C2CC3CC(C2)CC1C3. The summed E-state index contributed by atoms with van der Waals surface area (Å²) in [6.45, 7) is 0. The Morgan fingerprint density at radius 3 is 2.27 bits per heavy atom. The van der Waals surface area contributed by atoms with E-state index in [1.165, 1.54) is 37.8 Å². The fourth-order valence-electron chi connectivity index (χ4n) is 5.32. The topological polar surface area (TPSA) is 75.6 Å². The van der Waals surface area contributed by atoms with Crippen LogP contribution in [0.5, 0.6) is 0 Å². The molecule has 0 spiro atoms. The predicted molar refractivity (Wildman–Crippen MR) is 84.0 cm³/mol. The molecule has 0 aromatic rings. The van der Waals surface area contributed by atoms with Crippen LogP contribution >= 0.6 is 0 Å². The first-order valence-electron chi connectivity index (χ1n) is 8.55. The van der Waals surface area contributed by atoms with Gasteiger partial charge in [0.05, 0.1) is 11.5 Å². The molecule has 5 nitrogen and oxygen atoms in total. The third-order valence-corrected chi connectivity index (χ3v) is 7.92. The molecule has 0 aromatic carbocycles.